The van der Waals surface area contributed by atoms with Crippen molar-refractivity contribution in [2.24, 2.45) is 0 Å². The van der Waals surface area contributed by atoms with Crippen LogP contribution in [0.1, 0.15) is 19.0 Å². The average molecular weight is 285 g/mol. The van der Waals surface area contributed by atoms with Crippen molar-refractivity contribution >= 4 is 16.9 Å². The molecule has 3 rings (SSSR count). The van der Waals surface area contributed by atoms with E-state index < -0.39 is 0 Å². The zero-order valence-corrected chi connectivity index (χ0v) is 12.0. The highest BCUT2D eigenvalue weighted by molar-refractivity contribution is 5.82. The van der Waals surface area contributed by atoms with Gasteiger partial charge in [-0.1, -0.05) is 6.92 Å². The average Bonchev–Trinajstić information content (AvgIpc) is 2.87. The second-order valence-electron chi connectivity index (χ2n) is 4.94. The highest BCUT2D eigenvalue weighted by Gasteiger charge is 2.10. The molecule has 21 heavy (non-hydrogen) atoms. The molecule has 2 heterocycles. The summed E-state index contributed by atoms with van der Waals surface area (Å²) in [6.45, 7) is 4.80. The van der Waals surface area contributed by atoms with E-state index in [-0.39, 0.29) is 5.82 Å². The largest absolute Gasteiger partial charge is 0.454 e. The number of nitrogens with zero attached hydrogens (tertiary/aromatic N) is 2. The lowest BCUT2D eigenvalue weighted by Crippen LogP contribution is -2.05. The Morgan fingerprint density at radius 2 is 2.05 bits per heavy atom. The molecule has 1 N–H and O–H groups in total. The van der Waals surface area contributed by atoms with Gasteiger partial charge in [0.2, 0.25) is 5.95 Å². The summed E-state index contributed by atoms with van der Waals surface area (Å²) in [7, 11) is 0. The zero-order chi connectivity index (χ0) is 14.8. The molecule has 2 aromatic heterocycles. The Labute approximate surface area is 122 Å². The number of nitrogens with one attached hydrogen (secondary N) is 1. The number of fused-ring (bicyclic) bond motifs is 1. The van der Waals surface area contributed by atoms with Crippen LogP contribution < -0.4 is 5.32 Å². The Morgan fingerprint density at radius 3 is 2.86 bits per heavy atom. The fourth-order valence-electron chi connectivity index (χ4n) is 2.15. The van der Waals surface area contributed by atoms with Gasteiger partial charge >= 0.3 is 0 Å². The van der Waals surface area contributed by atoms with Crippen LogP contribution in [0.2, 0.25) is 0 Å². The first kappa shape index (κ1) is 13.5. The van der Waals surface area contributed by atoms with Crippen LogP contribution in [0.15, 0.2) is 34.7 Å². The van der Waals surface area contributed by atoms with Gasteiger partial charge in [0, 0.05) is 17.6 Å². The standard InChI is InChI=1S/C16H16FN3O/c1-3-6-18-16-19-10(2)7-13(20-16)15-9-11-8-12(17)4-5-14(11)21-15/h4-5,7-9H,3,6H2,1-2H3,(H,18,19,20). The van der Waals surface area contributed by atoms with E-state index in [0.29, 0.717) is 23.0 Å². The van der Waals surface area contributed by atoms with E-state index in [1.54, 1.807) is 12.1 Å². The molecule has 0 aliphatic rings. The third kappa shape index (κ3) is 2.86. The Kier molecular flexibility index (Phi) is 3.56. The van der Waals surface area contributed by atoms with Crippen molar-refractivity contribution in [1.29, 1.82) is 0 Å². The second kappa shape index (κ2) is 5.52. The Balaban J connectivity index is 2.02. The van der Waals surface area contributed by atoms with Gasteiger partial charge in [-0.2, -0.15) is 0 Å². The summed E-state index contributed by atoms with van der Waals surface area (Å²) in [6, 6.07) is 8.11. The van der Waals surface area contributed by atoms with Gasteiger partial charge in [0.25, 0.3) is 0 Å². The summed E-state index contributed by atoms with van der Waals surface area (Å²) in [6.07, 6.45) is 0.997. The lowest BCUT2D eigenvalue weighted by atomic mass is 10.2. The van der Waals surface area contributed by atoms with Gasteiger partial charge < -0.3 is 9.73 Å². The summed E-state index contributed by atoms with van der Waals surface area (Å²) in [4.78, 5) is 8.79. The second-order valence-corrected chi connectivity index (χ2v) is 4.94. The monoisotopic (exact) mass is 285 g/mol. The first-order valence-electron chi connectivity index (χ1n) is 6.95. The summed E-state index contributed by atoms with van der Waals surface area (Å²) >= 11 is 0. The van der Waals surface area contributed by atoms with Gasteiger partial charge in [-0.15, -0.1) is 0 Å². The predicted octanol–water partition coefficient (Wildman–Crippen LogP) is 4.16. The van der Waals surface area contributed by atoms with E-state index in [4.69, 9.17) is 4.42 Å². The van der Waals surface area contributed by atoms with Crippen LogP contribution in [0.3, 0.4) is 0 Å². The van der Waals surface area contributed by atoms with E-state index in [2.05, 4.69) is 22.2 Å². The number of benzene rings is 1. The maximum Gasteiger partial charge on any atom is 0.223 e. The molecule has 0 atom stereocenters. The highest BCUT2D eigenvalue weighted by atomic mass is 19.1. The Bertz CT molecular complexity index is 782. The van der Waals surface area contributed by atoms with Crippen LogP contribution in [-0.2, 0) is 0 Å². The smallest absolute Gasteiger partial charge is 0.223 e. The van der Waals surface area contributed by atoms with Crippen molar-refractivity contribution in [3.63, 3.8) is 0 Å². The van der Waals surface area contributed by atoms with E-state index >= 15 is 0 Å². The molecular formula is C16H16FN3O. The maximum absolute atomic E-state index is 13.2. The molecule has 0 aliphatic carbocycles. The fourth-order valence-corrected chi connectivity index (χ4v) is 2.15. The van der Waals surface area contributed by atoms with Crippen molar-refractivity contribution in [2.75, 3.05) is 11.9 Å². The third-order valence-electron chi connectivity index (χ3n) is 3.12. The number of halogens is 1. The van der Waals surface area contributed by atoms with Gasteiger partial charge in [0.15, 0.2) is 5.76 Å². The molecule has 0 amide bonds. The summed E-state index contributed by atoms with van der Waals surface area (Å²) in [5.41, 5.74) is 2.19. The normalized spacial score (nSPS) is 11.0. The van der Waals surface area contributed by atoms with Crippen LogP contribution >= 0.6 is 0 Å². The van der Waals surface area contributed by atoms with Gasteiger partial charge in [0.05, 0.1) is 0 Å². The third-order valence-corrected chi connectivity index (χ3v) is 3.12. The van der Waals surface area contributed by atoms with Gasteiger partial charge in [-0.05, 0) is 43.7 Å². The molecule has 4 nitrogen and oxygen atoms in total. The topological polar surface area (TPSA) is 51.0 Å². The van der Waals surface area contributed by atoms with Crippen molar-refractivity contribution in [1.82, 2.24) is 9.97 Å². The molecule has 0 unspecified atom stereocenters. The van der Waals surface area contributed by atoms with Crippen LogP contribution in [0.4, 0.5) is 10.3 Å². The number of furan rings is 1. The molecule has 0 saturated carbocycles. The van der Waals surface area contributed by atoms with Crippen LogP contribution in [0.5, 0.6) is 0 Å². The molecule has 0 radical (unpaired) electrons. The van der Waals surface area contributed by atoms with Crippen molar-refractivity contribution in [2.45, 2.75) is 20.3 Å². The molecule has 1 aromatic carbocycles. The van der Waals surface area contributed by atoms with Crippen molar-refractivity contribution in [3.05, 3.63) is 41.8 Å². The minimum atomic E-state index is -0.279. The quantitative estimate of drug-likeness (QED) is 0.782. The minimum Gasteiger partial charge on any atom is -0.454 e. The van der Waals surface area contributed by atoms with Crippen LogP contribution in [-0.4, -0.2) is 16.5 Å². The summed E-state index contributed by atoms with van der Waals surface area (Å²) in [5, 5.41) is 3.89. The first-order chi connectivity index (χ1) is 10.2. The van der Waals surface area contributed by atoms with E-state index in [9.17, 15) is 4.39 Å². The number of aromatic nitrogens is 2. The molecule has 0 bridgehead atoms. The molecule has 0 aliphatic heterocycles. The molecule has 3 aromatic rings. The van der Waals surface area contributed by atoms with E-state index in [1.807, 2.05) is 13.0 Å². The predicted molar refractivity (Wildman–Crippen MR) is 80.7 cm³/mol. The number of aryl methyl sites for hydroxylation is 1. The van der Waals surface area contributed by atoms with Crippen LogP contribution in [0, 0.1) is 12.7 Å². The van der Waals surface area contributed by atoms with Gasteiger partial charge in [-0.3, -0.25) is 0 Å². The molecule has 108 valence electrons. The van der Waals surface area contributed by atoms with E-state index in [1.165, 1.54) is 12.1 Å². The molecule has 0 fully saturated rings. The van der Waals surface area contributed by atoms with Crippen molar-refractivity contribution in [3.8, 4) is 11.5 Å². The van der Waals surface area contributed by atoms with Crippen molar-refractivity contribution < 1.29 is 8.81 Å². The number of anilines is 1. The Hall–Kier alpha value is -2.43. The lowest BCUT2D eigenvalue weighted by molar-refractivity contribution is 0.617. The molecule has 5 heteroatoms. The zero-order valence-electron chi connectivity index (χ0n) is 12.0. The summed E-state index contributed by atoms with van der Waals surface area (Å²) in [5.74, 6) is 0.915. The van der Waals surface area contributed by atoms with Crippen LogP contribution in [0.25, 0.3) is 22.4 Å². The Morgan fingerprint density at radius 1 is 1.19 bits per heavy atom. The van der Waals surface area contributed by atoms with Gasteiger partial charge in [0.1, 0.15) is 17.1 Å². The highest BCUT2D eigenvalue weighted by Crippen LogP contribution is 2.28. The number of hydrogen-bond acceptors (Lipinski definition) is 4. The molecule has 0 spiro atoms. The van der Waals surface area contributed by atoms with Gasteiger partial charge in [-0.25, -0.2) is 14.4 Å². The number of hydrogen-bond donors (Lipinski definition) is 1. The fraction of sp³-hybridized carbons (Fsp3) is 0.250. The van der Waals surface area contributed by atoms with E-state index in [0.717, 1.165) is 24.0 Å². The first-order valence-corrected chi connectivity index (χ1v) is 6.95. The summed E-state index contributed by atoms with van der Waals surface area (Å²) < 4.78 is 19.0. The molecular weight excluding hydrogens is 269 g/mol. The minimum absolute atomic E-state index is 0.279. The SMILES string of the molecule is CCCNc1nc(C)cc(-c2cc3cc(F)ccc3o2)n1. The lowest BCUT2D eigenvalue weighted by Gasteiger charge is -2.05. The maximum atomic E-state index is 13.2. The molecule has 0 saturated heterocycles. The number of rotatable bonds is 4.